The van der Waals surface area contributed by atoms with Crippen molar-refractivity contribution in [3.05, 3.63) is 114 Å². The van der Waals surface area contributed by atoms with Gasteiger partial charge in [0.25, 0.3) is 5.91 Å². The number of fused-ring (bicyclic) bond motifs is 1. The molecule has 1 amide bonds. The first-order valence-electron chi connectivity index (χ1n) is 11.0. The summed E-state index contributed by atoms with van der Waals surface area (Å²) in [6.45, 7) is 2.62. The van der Waals surface area contributed by atoms with E-state index in [0.717, 1.165) is 17.3 Å². The van der Waals surface area contributed by atoms with E-state index < -0.39 is 0 Å². The zero-order valence-electron chi connectivity index (χ0n) is 17.9. The Bertz CT molecular complexity index is 1150. The Balaban J connectivity index is 1.40. The van der Waals surface area contributed by atoms with E-state index in [2.05, 4.69) is 63.7 Å². The van der Waals surface area contributed by atoms with Crippen molar-refractivity contribution >= 4 is 16.7 Å². The second kappa shape index (κ2) is 9.30. The van der Waals surface area contributed by atoms with Crippen molar-refractivity contribution < 1.29 is 4.79 Å². The number of hydrogen-bond donors (Lipinski definition) is 1. The smallest absolute Gasteiger partial charge is 0.257 e. The minimum absolute atomic E-state index is 0.0135. The van der Waals surface area contributed by atoms with Gasteiger partial charge in [-0.25, -0.2) is 0 Å². The van der Waals surface area contributed by atoms with Crippen LogP contribution in [0, 0.1) is 0 Å². The molecular weight excluding hydrogens is 396 g/mol. The van der Waals surface area contributed by atoms with Crippen LogP contribution >= 0.6 is 0 Å². The molecule has 0 unspecified atom stereocenters. The summed E-state index contributed by atoms with van der Waals surface area (Å²) < 4.78 is 0. The zero-order chi connectivity index (χ0) is 21.8. The second-order valence-corrected chi connectivity index (χ2v) is 8.08. The second-order valence-electron chi connectivity index (χ2n) is 8.08. The van der Waals surface area contributed by atoms with E-state index in [-0.39, 0.29) is 11.9 Å². The molecular formula is C27H26N4O. The van der Waals surface area contributed by atoms with Crippen molar-refractivity contribution in [2.75, 3.05) is 26.4 Å². The van der Waals surface area contributed by atoms with E-state index in [1.807, 2.05) is 41.3 Å². The van der Waals surface area contributed by atoms with E-state index >= 15 is 0 Å². The molecule has 5 heteroatoms. The van der Waals surface area contributed by atoms with Gasteiger partial charge < -0.3 is 4.90 Å². The van der Waals surface area contributed by atoms with Crippen molar-refractivity contribution in [1.82, 2.24) is 20.1 Å². The minimum atomic E-state index is 0.0135. The highest BCUT2D eigenvalue weighted by Gasteiger charge is 2.27. The van der Waals surface area contributed by atoms with E-state index in [0.29, 0.717) is 25.4 Å². The van der Waals surface area contributed by atoms with Gasteiger partial charge in [0.2, 0.25) is 0 Å². The number of nitrogens with zero attached hydrogens (tertiary/aromatic N) is 3. The summed E-state index contributed by atoms with van der Waals surface area (Å²) >= 11 is 0. The Hall–Kier alpha value is -3.54. The molecule has 160 valence electrons. The number of nitrogens with one attached hydrogen (secondary N) is 1. The largest absolute Gasteiger partial charge is 0.324 e. The van der Waals surface area contributed by atoms with Crippen LogP contribution in [0.15, 0.2) is 97.3 Å². The molecule has 0 aliphatic carbocycles. The minimum Gasteiger partial charge on any atom is -0.324 e. The Morgan fingerprint density at radius 2 is 1.44 bits per heavy atom. The highest BCUT2D eigenvalue weighted by Crippen LogP contribution is 2.28. The summed E-state index contributed by atoms with van der Waals surface area (Å²) in [5.41, 5.74) is 3.15. The van der Waals surface area contributed by atoms with Crippen LogP contribution in [0.2, 0.25) is 0 Å². The number of carbonyl (C=O) groups excluding carboxylic acids is 1. The van der Waals surface area contributed by atoms with Gasteiger partial charge in [-0.1, -0.05) is 84.9 Å². The molecule has 2 heterocycles. The molecule has 4 aromatic rings. The normalized spacial score (nSPS) is 15.1. The van der Waals surface area contributed by atoms with Crippen LogP contribution in [0.4, 0.5) is 0 Å². The number of amides is 1. The van der Waals surface area contributed by atoms with Crippen LogP contribution in [0.25, 0.3) is 10.8 Å². The first-order chi connectivity index (χ1) is 15.8. The number of hydrogen-bond acceptors (Lipinski definition) is 4. The third-order valence-electron chi connectivity index (χ3n) is 6.06. The van der Waals surface area contributed by atoms with Gasteiger partial charge >= 0.3 is 0 Å². The first-order valence-corrected chi connectivity index (χ1v) is 11.0. The maximum Gasteiger partial charge on any atom is 0.257 e. The van der Waals surface area contributed by atoms with Crippen LogP contribution in [0.1, 0.15) is 27.5 Å². The molecule has 1 aromatic heterocycles. The van der Waals surface area contributed by atoms with Crippen molar-refractivity contribution in [3.63, 3.8) is 0 Å². The molecule has 0 spiro atoms. The average Bonchev–Trinajstić information content (AvgIpc) is 3.11. The van der Waals surface area contributed by atoms with Crippen molar-refractivity contribution in [3.8, 4) is 0 Å². The summed E-state index contributed by atoms with van der Waals surface area (Å²) in [4.78, 5) is 22.0. The Morgan fingerprint density at radius 3 is 2.16 bits per heavy atom. The maximum atomic E-state index is 13.4. The van der Waals surface area contributed by atoms with E-state index in [4.69, 9.17) is 0 Å². The van der Waals surface area contributed by atoms with Crippen molar-refractivity contribution in [2.24, 2.45) is 0 Å². The fourth-order valence-electron chi connectivity index (χ4n) is 4.47. The predicted octanol–water partition coefficient (Wildman–Crippen LogP) is 4.29. The Labute approximate surface area is 188 Å². The van der Waals surface area contributed by atoms with Crippen molar-refractivity contribution in [2.45, 2.75) is 6.04 Å². The van der Waals surface area contributed by atoms with Gasteiger partial charge in [-0.15, -0.1) is 0 Å². The molecule has 0 atom stereocenters. The molecule has 1 saturated heterocycles. The van der Waals surface area contributed by atoms with Gasteiger partial charge in [0.05, 0.1) is 24.9 Å². The van der Waals surface area contributed by atoms with Crippen LogP contribution in [0.3, 0.4) is 0 Å². The zero-order valence-corrected chi connectivity index (χ0v) is 17.9. The lowest BCUT2D eigenvalue weighted by molar-refractivity contribution is 0.0754. The van der Waals surface area contributed by atoms with Crippen molar-refractivity contribution in [1.29, 1.82) is 0 Å². The Morgan fingerprint density at radius 1 is 0.781 bits per heavy atom. The number of carbonyl (C=O) groups is 1. The van der Waals surface area contributed by atoms with E-state index in [9.17, 15) is 4.79 Å². The fraction of sp³-hybridized carbons (Fsp3) is 0.185. The molecule has 3 aromatic carbocycles. The van der Waals surface area contributed by atoms with Gasteiger partial charge in [0.15, 0.2) is 0 Å². The maximum absolute atomic E-state index is 13.4. The van der Waals surface area contributed by atoms with Crippen LogP contribution in [-0.2, 0) is 0 Å². The molecule has 1 aliphatic heterocycles. The molecule has 32 heavy (non-hydrogen) atoms. The van der Waals surface area contributed by atoms with Crippen LogP contribution in [0.5, 0.6) is 0 Å². The lowest BCUT2D eigenvalue weighted by Crippen LogP contribution is -2.38. The highest BCUT2D eigenvalue weighted by molar-refractivity contribution is 6.06. The highest BCUT2D eigenvalue weighted by atomic mass is 16.2. The molecule has 0 radical (unpaired) electrons. The van der Waals surface area contributed by atoms with Gasteiger partial charge in [-0.2, -0.15) is 0 Å². The van der Waals surface area contributed by atoms with Gasteiger partial charge in [0, 0.05) is 30.9 Å². The lowest BCUT2D eigenvalue weighted by atomic mass is 9.97. The number of pyridine rings is 1. The third kappa shape index (κ3) is 4.13. The number of rotatable bonds is 4. The molecule has 1 N–H and O–H groups in total. The summed E-state index contributed by atoms with van der Waals surface area (Å²) in [7, 11) is 0. The predicted molar refractivity (Wildman–Crippen MR) is 127 cm³/mol. The van der Waals surface area contributed by atoms with Crippen LogP contribution in [-0.4, -0.2) is 47.1 Å². The van der Waals surface area contributed by atoms with Gasteiger partial charge in [-0.3, -0.25) is 20.0 Å². The quantitative estimate of drug-likeness (QED) is 0.533. The van der Waals surface area contributed by atoms with Gasteiger partial charge in [-0.05, 0) is 16.5 Å². The van der Waals surface area contributed by atoms with E-state index in [1.54, 1.807) is 12.4 Å². The number of benzene rings is 3. The fourth-order valence-corrected chi connectivity index (χ4v) is 4.47. The number of aromatic nitrogens is 1. The summed E-state index contributed by atoms with van der Waals surface area (Å²) in [5, 5.41) is 5.40. The molecule has 1 fully saturated rings. The molecule has 5 rings (SSSR count). The standard InChI is InChI=1S/C27H26N4O/c32-27(25-18-28-17-23-13-7-8-14-24(23)25)31-16-15-30(19-29-20-31)26(21-9-3-1-4-10-21)22-11-5-2-6-12-22/h1-14,17-18,26,29H,15-16,19-20H2. The summed E-state index contributed by atoms with van der Waals surface area (Å²) in [5.74, 6) is 0.0135. The SMILES string of the molecule is O=C(c1cncc2ccccc12)N1CCN(C(c2ccccc2)c2ccccc2)CNC1. The first kappa shape index (κ1) is 20.4. The Kier molecular flexibility index (Phi) is 5.92. The topological polar surface area (TPSA) is 48.5 Å². The average molecular weight is 423 g/mol. The van der Waals surface area contributed by atoms with E-state index in [1.165, 1.54) is 11.1 Å². The molecule has 5 nitrogen and oxygen atoms in total. The lowest BCUT2D eigenvalue weighted by Gasteiger charge is -2.31. The monoisotopic (exact) mass is 422 g/mol. The summed E-state index contributed by atoms with van der Waals surface area (Å²) in [6, 6.07) is 29.2. The van der Waals surface area contributed by atoms with Crippen LogP contribution < -0.4 is 5.32 Å². The van der Waals surface area contributed by atoms with Gasteiger partial charge in [0.1, 0.15) is 0 Å². The third-order valence-corrected chi connectivity index (χ3v) is 6.06. The molecule has 0 saturated carbocycles. The summed E-state index contributed by atoms with van der Waals surface area (Å²) in [6.07, 6.45) is 3.49. The molecule has 0 bridgehead atoms. The molecule has 1 aliphatic rings.